The van der Waals surface area contributed by atoms with Crippen LogP contribution in [0.25, 0.3) is 28.1 Å². The molecule has 0 bridgehead atoms. The molecule has 0 saturated carbocycles. The zero-order valence-electron chi connectivity index (χ0n) is 21.1. The van der Waals surface area contributed by atoms with E-state index in [0.717, 1.165) is 45.1 Å². The van der Waals surface area contributed by atoms with Crippen LogP contribution < -0.4 is 4.74 Å². The first-order valence-electron chi connectivity index (χ1n) is 12.5. The lowest BCUT2D eigenvalue weighted by molar-refractivity contribution is 0.0526. The molecule has 5 rings (SSSR count). The van der Waals surface area contributed by atoms with Gasteiger partial charge in [0.2, 0.25) is 0 Å². The van der Waals surface area contributed by atoms with E-state index in [9.17, 15) is 4.79 Å². The van der Waals surface area contributed by atoms with Crippen LogP contribution in [0.4, 0.5) is 0 Å². The maximum absolute atomic E-state index is 12.4. The second-order valence-electron chi connectivity index (χ2n) is 8.82. The fourth-order valence-corrected chi connectivity index (χ4v) is 4.48. The maximum atomic E-state index is 12.4. The van der Waals surface area contributed by atoms with Crippen molar-refractivity contribution in [3.05, 3.63) is 132 Å². The minimum absolute atomic E-state index is 0.325. The minimum atomic E-state index is -0.325. The molecule has 1 heterocycles. The Hall–Kier alpha value is -4.57. The van der Waals surface area contributed by atoms with Crippen LogP contribution in [-0.2, 0) is 11.3 Å². The highest BCUT2D eigenvalue weighted by molar-refractivity contribution is 5.90. The average molecular weight is 488 g/mol. The lowest BCUT2D eigenvalue weighted by Crippen LogP contribution is -2.07. The van der Waals surface area contributed by atoms with Gasteiger partial charge >= 0.3 is 5.97 Å². The van der Waals surface area contributed by atoms with Gasteiger partial charge in [0.15, 0.2) is 0 Å². The average Bonchev–Trinajstić information content (AvgIpc) is 3.34. The molecule has 0 aliphatic carbocycles. The first-order valence-corrected chi connectivity index (χ1v) is 12.5. The summed E-state index contributed by atoms with van der Waals surface area (Å²) in [7, 11) is 0. The zero-order valence-corrected chi connectivity index (χ0v) is 21.1. The number of aromatic nitrogens is 1. The van der Waals surface area contributed by atoms with Crippen LogP contribution in [0, 0.1) is 6.92 Å². The summed E-state index contributed by atoms with van der Waals surface area (Å²) in [5, 5.41) is 0. The second-order valence-corrected chi connectivity index (χ2v) is 8.82. The van der Waals surface area contributed by atoms with Crippen molar-refractivity contribution >= 4 is 5.97 Å². The summed E-state index contributed by atoms with van der Waals surface area (Å²) in [5.74, 6) is 0.470. The first kappa shape index (κ1) is 24.1. The number of ether oxygens (including phenoxy) is 2. The number of hydrogen-bond acceptors (Lipinski definition) is 3. The molecule has 0 amide bonds. The van der Waals surface area contributed by atoms with Crippen molar-refractivity contribution in [3.8, 4) is 33.8 Å². The fraction of sp³-hybridized carbons (Fsp3) is 0.121. The summed E-state index contributed by atoms with van der Waals surface area (Å²) in [6.45, 7) is 4.68. The molecule has 37 heavy (non-hydrogen) atoms. The van der Waals surface area contributed by atoms with Gasteiger partial charge in [0.25, 0.3) is 0 Å². The number of carbonyl (C=O) groups is 1. The predicted octanol–water partition coefficient (Wildman–Crippen LogP) is 7.88. The van der Waals surface area contributed by atoms with Gasteiger partial charge in [-0.1, -0.05) is 72.8 Å². The fourth-order valence-electron chi connectivity index (χ4n) is 4.48. The van der Waals surface area contributed by atoms with Gasteiger partial charge in [-0.25, -0.2) is 4.79 Å². The molecule has 4 aromatic carbocycles. The van der Waals surface area contributed by atoms with Gasteiger partial charge in [0, 0.05) is 16.9 Å². The molecular formula is C33H29NO3. The molecule has 0 atom stereocenters. The molecule has 0 N–H and O–H groups in total. The van der Waals surface area contributed by atoms with Gasteiger partial charge in [0.05, 0.1) is 17.9 Å². The molecule has 4 nitrogen and oxygen atoms in total. The smallest absolute Gasteiger partial charge is 0.338 e. The number of benzene rings is 4. The van der Waals surface area contributed by atoms with Crippen molar-refractivity contribution in [1.29, 1.82) is 0 Å². The standard InChI is InChI=1S/C33H29NO3/c1-3-36-33(35)28-15-10-16-29(21-28)34-24(2)17-19-31(34)30-22-27(26-13-8-5-9-14-26)18-20-32(30)37-23-25-11-6-4-7-12-25/h4-22H,3,23H2,1-2H3. The molecule has 4 heteroatoms. The molecular weight excluding hydrogens is 458 g/mol. The van der Waals surface area contributed by atoms with Gasteiger partial charge in [-0.15, -0.1) is 0 Å². The summed E-state index contributed by atoms with van der Waals surface area (Å²) in [6, 6.07) is 38.5. The molecule has 5 aromatic rings. The molecule has 184 valence electrons. The summed E-state index contributed by atoms with van der Waals surface area (Å²) < 4.78 is 13.8. The van der Waals surface area contributed by atoms with Gasteiger partial charge in [-0.2, -0.15) is 0 Å². The van der Waals surface area contributed by atoms with Crippen molar-refractivity contribution in [2.24, 2.45) is 0 Å². The van der Waals surface area contributed by atoms with E-state index < -0.39 is 0 Å². The summed E-state index contributed by atoms with van der Waals surface area (Å²) >= 11 is 0. The number of aryl methyl sites for hydroxylation is 1. The summed E-state index contributed by atoms with van der Waals surface area (Å²) in [4.78, 5) is 12.4. The molecule has 0 aliphatic heterocycles. The Morgan fingerprint density at radius 2 is 1.51 bits per heavy atom. The van der Waals surface area contributed by atoms with Crippen molar-refractivity contribution in [1.82, 2.24) is 4.57 Å². The quantitative estimate of drug-likeness (QED) is 0.209. The Kier molecular flexibility index (Phi) is 7.18. The second kappa shape index (κ2) is 11.0. The highest BCUT2D eigenvalue weighted by Gasteiger charge is 2.17. The lowest BCUT2D eigenvalue weighted by atomic mass is 10.0. The zero-order chi connectivity index (χ0) is 25.6. The van der Waals surface area contributed by atoms with Crippen molar-refractivity contribution < 1.29 is 14.3 Å². The molecule has 0 fully saturated rings. The van der Waals surface area contributed by atoms with E-state index in [1.807, 2.05) is 67.6 Å². The molecule has 0 spiro atoms. The Morgan fingerprint density at radius 3 is 2.27 bits per heavy atom. The van der Waals surface area contributed by atoms with Crippen LogP contribution in [0.5, 0.6) is 5.75 Å². The normalized spacial score (nSPS) is 10.8. The van der Waals surface area contributed by atoms with Gasteiger partial charge in [-0.05, 0) is 73.0 Å². The van der Waals surface area contributed by atoms with E-state index in [4.69, 9.17) is 9.47 Å². The Bertz CT molecular complexity index is 1500. The Balaban J connectivity index is 1.61. The van der Waals surface area contributed by atoms with Crippen LogP contribution in [0.15, 0.2) is 115 Å². The highest BCUT2D eigenvalue weighted by atomic mass is 16.5. The van der Waals surface area contributed by atoms with Crippen LogP contribution in [-0.4, -0.2) is 17.1 Å². The number of hydrogen-bond donors (Lipinski definition) is 0. The third kappa shape index (κ3) is 5.34. The van der Waals surface area contributed by atoms with Crippen molar-refractivity contribution in [3.63, 3.8) is 0 Å². The van der Waals surface area contributed by atoms with Gasteiger partial charge < -0.3 is 14.0 Å². The third-order valence-electron chi connectivity index (χ3n) is 6.29. The lowest BCUT2D eigenvalue weighted by Gasteiger charge is -2.18. The van der Waals surface area contributed by atoms with E-state index >= 15 is 0 Å². The molecule has 0 unspecified atom stereocenters. The van der Waals surface area contributed by atoms with Crippen molar-refractivity contribution in [2.75, 3.05) is 6.61 Å². The van der Waals surface area contributed by atoms with Gasteiger partial charge in [-0.3, -0.25) is 0 Å². The molecule has 0 radical (unpaired) electrons. The molecule has 0 aliphatic rings. The van der Waals surface area contributed by atoms with Crippen LogP contribution >= 0.6 is 0 Å². The third-order valence-corrected chi connectivity index (χ3v) is 6.29. The number of carbonyl (C=O) groups excluding carboxylic acids is 1. The largest absolute Gasteiger partial charge is 0.488 e. The Morgan fingerprint density at radius 1 is 0.757 bits per heavy atom. The van der Waals surface area contributed by atoms with E-state index in [2.05, 4.69) is 60.0 Å². The Labute approximate surface area is 217 Å². The summed E-state index contributed by atoms with van der Waals surface area (Å²) in [6.07, 6.45) is 0. The molecule has 1 aromatic heterocycles. The van der Waals surface area contributed by atoms with E-state index in [1.54, 1.807) is 6.07 Å². The van der Waals surface area contributed by atoms with E-state index in [-0.39, 0.29) is 5.97 Å². The van der Waals surface area contributed by atoms with E-state index in [1.165, 1.54) is 0 Å². The predicted molar refractivity (Wildman–Crippen MR) is 148 cm³/mol. The maximum Gasteiger partial charge on any atom is 0.338 e. The van der Waals surface area contributed by atoms with Crippen LogP contribution in [0.3, 0.4) is 0 Å². The number of esters is 1. The van der Waals surface area contributed by atoms with Crippen LogP contribution in [0.1, 0.15) is 28.5 Å². The SMILES string of the molecule is CCOC(=O)c1cccc(-n2c(C)ccc2-c2cc(-c3ccccc3)ccc2OCc2ccccc2)c1. The highest BCUT2D eigenvalue weighted by Crippen LogP contribution is 2.37. The number of rotatable bonds is 8. The van der Waals surface area contributed by atoms with Gasteiger partial charge in [0.1, 0.15) is 12.4 Å². The van der Waals surface area contributed by atoms with E-state index in [0.29, 0.717) is 18.8 Å². The first-order chi connectivity index (χ1) is 18.1. The van der Waals surface area contributed by atoms with Crippen molar-refractivity contribution in [2.45, 2.75) is 20.5 Å². The summed E-state index contributed by atoms with van der Waals surface area (Å²) in [5.41, 5.74) is 7.78. The number of nitrogens with zero attached hydrogens (tertiary/aromatic N) is 1. The topological polar surface area (TPSA) is 40.5 Å². The minimum Gasteiger partial charge on any atom is -0.488 e. The van der Waals surface area contributed by atoms with Crippen LogP contribution in [0.2, 0.25) is 0 Å². The monoisotopic (exact) mass is 487 g/mol. The molecule has 0 saturated heterocycles.